The molecule has 0 fully saturated rings. The molecule has 2 aromatic carbocycles. The summed E-state index contributed by atoms with van der Waals surface area (Å²) in [5, 5.41) is 3.15. The molecule has 7 nitrogen and oxygen atoms in total. The van der Waals surface area contributed by atoms with Gasteiger partial charge in [-0.3, -0.25) is 14.5 Å². The molecule has 0 atom stereocenters. The van der Waals surface area contributed by atoms with Gasteiger partial charge in [-0.1, -0.05) is 29.8 Å². The van der Waals surface area contributed by atoms with Crippen LogP contribution in [0.2, 0.25) is 0 Å². The quantitative estimate of drug-likeness (QED) is 0.638. The fourth-order valence-electron chi connectivity index (χ4n) is 3.65. The van der Waals surface area contributed by atoms with E-state index >= 15 is 0 Å². The van der Waals surface area contributed by atoms with Gasteiger partial charge in [0.15, 0.2) is 11.5 Å². The van der Waals surface area contributed by atoms with E-state index in [0.29, 0.717) is 47.3 Å². The molecule has 0 bridgehead atoms. The lowest BCUT2D eigenvalue weighted by atomic mass is 10.0. The fourth-order valence-corrected chi connectivity index (χ4v) is 3.65. The van der Waals surface area contributed by atoms with Gasteiger partial charge in [0, 0.05) is 11.8 Å². The van der Waals surface area contributed by atoms with Crippen LogP contribution in [0.25, 0.3) is 5.57 Å². The number of anilines is 1. The topological polar surface area (TPSA) is 81.0 Å². The Hall–Kier alpha value is -4.00. The van der Waals surface area contributed by atoms with E-state index in [0.717, 1.165) is 5.56 Å². The highest BCUT2D eigenvalue weighted by Crippen LogP contribution is 2.36. The molecular formula is C24H20N2O5. The molecule has 0 saturated heterocycles. The van der Waals surface area contributed by atoms with Crippen molar-refractivity contribution in [1.82, 2.24) is 4.90 Å². The Balaban J connectivity index is 1.53. The van der Waals surface area contributed by atoms with Gasteiger partial charge in [0.25, 0.3) is 11.8 Å². The number of ether oxygens (including phenoxy) is 2. The largest absolute Gasteiger partial charge is 0.486 e. The second-order valence-corrected chi connectivity index (χ2v) is 7.38. The molecule has 31 heavy (non-hydrogen) atoms. The lowest BCUT2D eigenvalue weighted by molar-refractivity contribution is -0.137. The maximum atomic E-state index is 13.3. The number of carbonyl (C=O) groups is 2. The molecule has 2 aliphatic rings. The van der Waals surface area contributed by atoms with Crippen LogP contribution >= 0.6 is 0 Å². The molecule has 0 aliphatic carbocycles. The summed E-state index contributed by atoms with van der Waals surface area (Å²) in [6.07, 6.45) is 1.52. The zero-order valence-electron chi connectivity index (χ0n) is 16.9. The van der Waals surface area contributed by atoms with Crippen molar-refractivity contribution in [1.29, 1.82) is 0 Å². The predicted octanol–water partition coefficient (Wildman–Crippen LogP) is 3.75. The average molecular weight is 416 g/mol. The van der Waals surface area contributed by atoms with E-state index in [1.807, 2.05) is 31.2 Å². The van der Waals surface area contributed by atoms with Crippen molar-refractivity contribution in [2.45, 2.75) is 13.5 Å². The number of imide groups is 1. The highest BCUT2D eigenvalue weighted by atomic mass is 16.6. The van der Waals surface area contributed by atoms with Crippen LogP contribution in [-0.4, -0.2) is 29.9 Å². The third kappa shape index (κ3) is 3.54. The first-order valence-electron chi connectivity index (χ1n) is 9.97. The van der Waals surface area contributed by atoms with Gasteiger partial charge in [-0.05, 0) is 36.8 Å². The van der Waals surface area contributed by atoms with Gasteiger partial charge in [0.1, 0.15) is 24.7 Å². The highest BCUT2D eigenvalue weighted by Gasteiger charge is 2.39. The number of carbonyl (C=O) groups excluding carboxylic acids is 2. The number of fused-ring (bicyclic) bond motifs is 1. The normalized spacial score (nSPS) is 15.6. The Morgan fingerprint density at radius 3 is 2.45 bits per heavy atom. The van der Waals surface area contributed by atoms with Gasteiger partial charge in [-0.15, -0.1) is 0 Å². The summed E-state index contributed by atoms with van der Waals surface area (Å²) in [7, 11) is 0. The van der Waals surface area contributed by atoms with Crippen molar-refractivity contribution in [3.05, 3.63) is 83.4 Å². The minimum Gasteiger partial charge on any atom is -0.486 e. The second kappa shape index (κ2) is 7.68. The van der Waals surface area contributed by atoms with E-state index in [4.69, 9.17) is 13.9 Å². The van der Waals surface area contributed by atoms with Gasteiger partial charge in [-0.25, -0.2) is 0 Å². The molecule has 5 rings (SSSR count). The monoisotopic (exact) mass is 416 g/mol. The number of hydrogen-bond donors (Lipinski definition) is 1. The van der Waals surface area contributed by atoms with Crippen LogP contribution < -0.4 is 14.8 Å². The first-order valence-corrected chi connectivity index (χ1v) is 9.97. The maximum absolute atomic E-state index is 13.3. The minimum atomic E-state index is -0.410. The first-order chi connectivity index (χ1) is 15.1. The van der Waals surface area contributed by atoms with Gasteiger partial charge in [0.05, 0.1) is 18.4 Å². The van der Waals surface area contributed by atoms with E-state index < -0.39 is 5.91 Å². The van der Waals surface area contributed by atoms with E-state index in [-0.39, 0.29) is 18.1 Å². The number of amides is 2. The smallest absolute Gasteiger partial charge is 0.278 e. The lowest BCUT2D eigenvalue weighted by Crippen LogP contribution is -2.31. The molecule has 156 valence electrons. The van der Waals surface area contributed by atoms with E-state index in [1.54, 1.807) is 30.3 Å². The third-order valence-electron chi connectivity index (χ3n) is 5.21. The van der Waals surface area contributed by atoms with Crippen molar-refractivity contribution in [3.8, 4) is 11.5 Å². The number of aryl methyl sites for hydroxylation is 1. The molecule has 2 amide bonds. The fraction of sp³-hybridized carbons (Fsp3) is 0.167. The van der Waals surface area contributed by atoms with Crippen LogP contribution in [0.15, 0.2) is 71.0 Å². The highest BCUT2D eigenvalue weighted by molar-refractivity contribution is 6.36. The molecule has 0 saturated carbocycles. The second-order valence-electron chi connectivity index (χ2n) is 7.38. The summed E-state index contributed by atoms with van der Waals surface area (Å²) in [4.78, 5) is 27.7. The van der Waals surface area contributed by atoms with Crippen molar-refractivity contribution in [2.24, 2.45) is 0 Å². The van der Waals surface area contributed by atoms with Crippen molar-refractivity contribution in [3.63, 3.8) is 0 Å². The Morgan fingerprint density at radius 2 is 1.71 bits per heavy atom. The van der Waals surface area contributed by atoms with Gasteiger partial charge in [-0.2, -0.15) is 0 Å². The van der Waals surface area contributed by atoms with Crippen LogP contribution in [0.3, 0.4) is 0 Å². The summed E-state index contributed by atoms with van der Waals surface area (Å²) >= 11 is 0. The summed E-state index contributed by atoms with van der Waals surface area (Å²) < 4.78 is 16.5. The van der Waals surface area contributed by atoms with Crippen LogP contribution in [0.1, 0.15) is 16.9 Å². The first kappa shape index (κ1) is 19.0. The summed E-state index contributed by atoms with van der Waals surface area (Å²) in [5.74, 6) is 0.999. The van der Waals surface area contributed by atoms with Crippen LogP contribution in [-0.2, 0) is 16.1 Å². The van der Waals surface area contributed by atoms with Crippen LogP contribution in [0.5, 0.6) is 11.5 Å². The van der Waals surface area contributed by atoms with Crippen molar-refractivity contribution < 1.29 is 23.5 Å². The number of hydrogen-bond acceptors (Lipinski definition) is 6. The van der Waals surface area contributed by atoms with Crippen molar-refractivity contribution >= 4 is 23.1 Å². The molecule has 1 N–H and O–H groups in total. The Kier molecular flexibility index (Phi) is 4.71. The predicted molar refractivity (Wildman–Crippen MR) is 113 cm³/mol. The third-order valence-corrected chi connectivity index (χ3v) is 5.21. The molecule has 3 heterocycles. The Morgan fingerprint density at radius 1 is 0.935 bits per heavy atom. The minimum absolute atomic E-state index is 0.0619. The maximum Gasteiger partial charge on any atom is 0.278 e. The molecule has 0 unspecified atom stereocenters. The summed E-state index contributed by atoms with van der Waals surface area (Å²) in [6.45, 7) is 2.99. The molecule has 1 aromatic heterocycles. The van der Waals surface area contributed by atoms with Gasteiger partial charge in [0.2, 0.25) is 0 Å². The zero-order valence-corrected chi connectivity index (χ0v) is 16.9. The zero-order chi connectivity index (χ0) is 21.4. The average Bonchev–Trinajstić information content (AvgIpc) is 3.38. The van der Waals surface area contributed by atoms with Crippen LogP contribution in [0.4, 0.5) is 5.69 Å². The Labute approximate surface area is 178 Å². The van der Waals surface area contributed by atoms with Crippen LogP contribution in [0, 0.1) is 6.92 Å². The molecule has 7 heteroatoms. The molecule has 0 spiro atoms. The van der Waals surface area contributed by atoms with E-state index in [1.165, 1.54) is 11.2 Å². The number of benzene rings is 2. The standard InChI is InChI=1S/C24H20N2O5/c1-15-4-6-16(7-5-15)21-22(24(28)26(23(21)27)14-18-3-2-10-29-18)25-17-8-9-19-20(13-17)31-12-11-30-19/h2-10,13,25H,11-12,14H2,1H3. The van der Waals surface area contributed by atoms with Gasteiger partial charge < -0.3 is 19.2 Å². The van der Waals surface area contributed by atoms with E-state index in [9.17, 15) is 9.59 Å². The number of rotatable bonds is 5. The number of furan rings is 1. The molecule has 3 aromatic rings. The molecule has 0 radical (unpaired) electrons. The molecular weight excluding hydrogens is 396 g/mol. The van der Waals surface area contributed by atoms with E-state index in [2.05, 4.69) is 5.32 Å². The SMILES string of the molecule is Cc1ccc(C2=C(Nc3ccc4c(c3)OCCO4)C(=O)N(Cc3ccco3)C2=O)cc1. The molecule has 2 aliphatic heterocycles. The summed E-state index contributed by atoms with van der Waals surface area (Å²) in [5.41, 5.74) is 2.91. The lowest BCUT2D eigenvalue weighted by Gasteiger charge is -2.19. The van der Waals surface area contributed by atoms with Crippen molar-refractivity contribution in [2.75, 3.05) is 18.5 Å². The summed E-state index contributed by atoms with van der Waals surface area (Å²) in [6, 6.07) is 16.3. The number of nitrogens with one attached hydrogen (secondary N) is 1. The Bertz CT molecular complexity index is 1180. The number of nitrogens with zero attached hydrogens (tertiary/aromatic N) is 1. The van der Waals surface area contributed by atoms with Gasteiger partial charge >= 0.3 is 0 Å².